The number of amides is 1. The van der Waals surface area contributed by atoms with E-state index in [4.69, 9.17) is 0 Å². The molecule has 0 aliphatic heterocycles. The Kier molecular flexibility index (Phi) is 1.83. The van der Waals surface area contributed by atoms with Gasteiger partial charge in [0.25, 0.3) is 5.91 Å². The fourth-order valence-corrected chi connectivity index (χ4v) is 1.21. The molecule has 0 bridgehead atoms. The SMILES string of the molecule is Cc1c(C(=O)NC2CC2)cnn1C. The average molecular weight is 179 g/mol. The molecule has 0 unspecified atom stereocenters. The lowest BCUT2D eigenvalue weighted by Crippen LogP contribution is -2.25. The Morgan fingerprint density at radius 3 is 2.85 bits per heavy atom. The number of carbonyl (C=O) groups excluding carboxylic acids is 1. The summed E-state index contributed by atoms with van der Waals surface area (Å²) in [7, 11) is 1.84. The van der Waals surface area contributed by atoms with Gasteiger partial charge in [0.05, 0.1) is 11.8 Å². The Bertz CT molecular complexity index is 339. The molecule has 0 atom stereocenters. The zero-order valence-corrected chi connectivity index (χ0v) is 7.87. The minimum atomic E-state index is 0.00750. The van der Waals surface area contributed by atoms with Crippen LogP contribution in [0.4, 0.5) is 0 Å². The van der Waals surface area contributed by atoms with Crippen molar-refractivity contribution in [2.75, 3.05) is 0 Å². The first kappa shape index (κ1) is 8.29. The van der Waals surface area contributed by atoms with Gasteiger partial charge in [0.1, 0.15) is 0 Å². The Labute approximate surface area is 76.9 Å². The smallest absolute Gasteiger partial charge is 0.254 e. The normalized spacial score (nSPS) is 15.8. The first-order valence-corrected chi connectivity index (χ1v) is 4.48. The van der Waals surface area contributed by atoms with E-state index in [1.54, 1.807) is 10.9 Å². The fourth-order valence-electron chi connectivity index (χ4n) is 1.21. The van der Waals surface area contributed by atoms with Crippen molar-refractivity contribution in [2.24, 2.45) is 7.05 Å². The molecule has 1 amide bonds. The minimum Gasteiger partial charge on any atom is -0.349 e. The molecule has 0 spiro atoms. The van der Waals surface area contributed by atoms with Crippen molar-refractivity contribution in [3.8, 4) is 0 Å². The maximum absolute atomic E-state index is 11.6. The largest absolute Gasteiger partial charge is 0.349 e. The summed E-state index contributed by atoms with van der Waals surface area (Å²) in [6.07, 6.45) is 3.85. The van der Waals surface area contributed by atoms with Gasteiger partial charge in [0.2, 0.25) is 0 Å². The molecule has 1 N–H and O–H groups in total. The molecule has 2 rings (SSSR count). The molecule has 4 nitrogen and oxygen atoms in total. The van der Waals surface area contributed by atoms with Crippen molar-refractivity contribution in [3.05, 3.63) is 17.5 Å². The van der Waals surface area contributed by atoms with Crippen molar-refractivity contribution in [1.82, 2.24) is 15.1 Å². The van der Waals surface area contributed by atoms with Gasteiger partial charge >= 0.3 is 0 Å². The summed E-state index contributed by atoms with van der Waals surface area (Å²) in [4.78, 5) is 11.6. The first-order chi connectivity index (χ1) is 6.18. The molecule has 1 aliphatic carbocycles. The Hall–Kier alpha value is -1.32. The number of aromatic nitrogens is 2. The second-order valence-corrected chi connectivity index (χ2v) is 3.51. The van der Waals surface area contributed by atoms with E-state index in [1.807, 2.05) is 14.0 Å². The second-order valence-electron chi connectivity index (χ2n) is 3.51. The third-order valence-corrected chi connectivity index (χ3v) is 2.39. The van der Waals surface area contributed by atoms with Crippen molar-refractivity contribution in [3.63, 3.8) is 0 Å². The predicted molar refractivity (Wildman–Crippen MR) is 48.4 cm³/mol. The third-order valence-electron chi connectivity index (χ3n) is 2.39. The number of hydrogen-bond donors (Lipinski definition) is 1. The Balaban J connectivity index is 2.14. The van der Waals surface area contributed by atoms with Crippen molar-refractivity contribution >= 4 is 5.91 Å². The van der Waals surface area contributed by atoms with Crippen LogP contribution in [-0.2, 0) is 7.05 Å². The molecular weight excluding hydrogens is 166 g/mol. The van der Waals surface area contributed by atoms with Gasteiger partial charge in [-0.05, 0) is 19.8 Å². The van der Waals surface area contributed by atoms with Gasteiger partial charge in [-0.25, -0.2) is 0 Å². The van der Waals surface area contributed by atoms with Crippen LogP contribution in [0.2, 0.25) is 0 Å². The van der Waals surface area contributed by atoms with Crippen LogP contribution in [0.15, 0.2) is 6.20 Å². The molecule has 1 fully saturated rings. The summed E-state index contributed by atoms with van der Waals surface area (Å²) < 4.78 is 1.71. The number of rotatable bonds is 2. The quantitative estimate of drug-likeness (QED) is 0.723. The van der Waals surface area contributed by atoms with Crippen LogP contribution in [0, 0.1) is 6.92 Å². The van der Waals surface area contributed by atoms with Crippen LogP contribution in [0.1, 0.15) is 28.9 Å². The maximum atomic E-state index is 11.6. The summed E-state index contributed by atoms with van der Waals surface area (Å²) in [5.74, 6) is 0.00750. The number of carbonyl (C=O) groups is 1. The highest BCUT2D eigenvalue weighted by Crippen LogP contribution is 2.19. The van der Waals surface area contributed by atoms with E-state index in [9.17, 15) is 4.79 Å². The van der Waals surface area contributed by atoms with Crippen LogP contribution in [0.25, 0.3) is 0 Å². The van der Waals surface area contributed by atoms with E-state index in [1.165, 1.54) is 0 Å². The second kappa shape index (κ2) is 2.87. The van der Waals surface area contributed by atoms with E-state index in [-0.39, 0.29) is 5.91 Å². The van der Waals surface area contributed by atoms with Gasteiger partial charge in [-0.15, -0.1) is 0 Å². The first-order valence-electron chi connectivity index (χ1n) is 4.48. The van der Waals surface area contributed by atoms with Gasteiger partial charge in [0, 0.05) is 18.8 Å². The Morgan fingerprint density at radius 2 is 2.38 bits per heavy atom. The zero-order chi connectivity index (χ0) is 9.42. The summed E-state index contributed by atoms with van der Waals surface area (Å²) >= 11 is 0. The standard InChI is InChI=1S/C9H13N3O/c1-6-8(5-10-12(6)2)9(13)11-7-3-4-7/h5,7H,3-4H2,1-2H3,(H,11,13). The minimum absolute atomic E-state index is 0.00750. The van der Waals surface area contributed by atoms with Crippen LogP contribution in [0.5, 0.6) is 0 Å². The lowest BCUT2D eigenvalue weighted by Gasteiger charge is -2.01. The van der Waals surface area contributed by atoms with Crippen molar-refractivity contribution < 1.29 is 4.79 Å². The topological polar surface area (TPSA) is 46.9 Å². The van der Waals surface area contributed by atoms with E-state index in [2.05, 4.69) is 10.4 Å². The molecule has 70 valence electrons. The summed E-state index contributed by atoms with van der Waals surface area (Å²) in [5.41, 5.74) is 1.60. The third kappa shape index (κ3) is 1.56. The van der Waals surface area contributed by atoms with E-state index in [0.717, 1.165) is 18.5 Å². The molecule has 0 aromatic carbocycles. The summed E-state index contributed by atoms with van der Waals surface area (Å²) in [6, 6.07) is 0.409. The molecule has 0 radical (unpaired) electrons. The monoisotopic (exact) mass is 179 g/mol. The van der Waals surface area contributed by atoms with Gasteiger partial charge < -0.3 is 5.32 Å². The lowest BCUT2D eigenvalue weighted by atomic mass is 10.2. The van der Waals surface area contributed by atoms with E-state index >= 15 is 0 Å². The van der Waals surface area contributed by atoms with Gasteiger partial charge in [-0.1, -0.05) is 0 Å². The van der Waals surface area contributed by atoms with Crippen LogP contribution >= 0.6 is 0 Å². The predicted octanol–water partition coefficient (Wildman–Crippen LogP) is 0.621. The molecule has 0 saturated heterocycles. The van der Waals surface area contributed by atoms with Gasteiger partial charge in [0.15, 0.2) is 0 Å². The summed E-state index contributed by atoms with van der Waals surface area (Å²) in [6.45, 7) is 1.90. The fraction of sp³-hybridized carbons (Fsp3) is 0.556. The van der Waals surface area contributed by atoms with Crippen LogP contribution in [-0.4, -0.2) is 21.7 Å². The average Bonchev–Trinajstić information content (AvgIpc) is 2.82. The molecule has 1 aromatic heterocycles. The molecule has 1 aromatic rings. The van der Waals surface area contributed by atoms with Gasteiger partial charge in [-0.3, -0.25) is 9.48 Å². The van der Waals surface area contributed by atoms with Crippen molar-refractivity contribution in [1.29, 1.82) is 0 Å². The van der Waals surface area contributed by atoms with Crippen LogP contribution in [0.3, 0.4) is 0 Å². The number of nitrogens with one attached hydrogen (secondary N) is 1. The summed E-state index contributed by atoms with van der Waals surface area (Å²) in [5, 5.41) is 6.95. The molecule has 1 heterocycles. The highest BCUT2D eigenvalue weighted by atomic mass is 16.1. The van der Waals surface area contributed by atoms with E-state index in [0.29, 0.717) is 11.6 Å². The molecule has 4 heteroatoms. The highest BCUT2D eigenvalue weighted by Gasteiger charge is 2.25. The Morgan fingerprint density at radius 1 is 1.69 bits per heavy atom. The number of aryl methyl sites for hydroxylation is 1. The van der Waals surface area contributed by atoms with Crippen molar-refractivity contribution in [2.45, 2.75) is 25.8 Å². The maximum Gasteiger partial charge on any atom is 0.254 e. The number of hydrogen-bond acceptors (Lipinski definition) is 2. The molecule has 1 aliphatic rings. The van der Waals surface area contributed by atoms with Gasteiger partial charge in [-0.2, -0.15) is 5.10 Å². The molecular formula is C9H13N3O. The zero-order valence-electron chi connectivity index (χ0n) is 7.87. The lowest BCUT2D eigenvalue weighted by molar-refractivity contribution is 0.0950. The number of nitrogens with zero attached hydrogens (tertiary/aromatic N) is 2. The highest BCUT2D eigenvalue weighted by molar-refractivity contribution is 5.95. The van der Waals surface area contributed by atoms with Crippen LogP contribution < -0.4 is 5.32 Å². The molecule has 1 saturated carbocycles. The van der Waals surface area contributed by atoms with E-state index < -0.39 is 0 Å². The molecule has 13 heavy (non-hydrogen) atoms.